The summed E-state index contributed by atoms with van der Waals surface area (Å²) in [7, 11) is 0. The zero-order chi connectivity index (χ0) is 12.1. The normalized spacial score (nSPS) is 13.8. The highest BCUT2D eigenvalue weighted by atomic mass is 32.1. The first-order valence-corrected chi connectivity index (χ1v) is 6.65. The van der Waals surface area contributed by atoms with Gasteiger partial charge in [0, 0.05) is 12.3 Å². The smallest absolute Gasteiger partial charge is 0.161 e. The Kier molecular flexibility index (Phi) is 4.57. The molecular weight excluding hydrogens is 234 g/mol. The monoisotopic (exact) mass is 253 g/mol. The van der Waals surface area contributed by atoms with Gasteiger partial charge in [-0.1, -0.05) is 0 Å². The van der Waals surface area contributed by atoms with Gasteiger partial charge in [0.2, 0.25) is 0 Å². The van der Waals surface area contributed by atoms with Gasteiger partial charge in [0.25, 0.3) is 0 Å². The molecule has 17 heavy (non-hydrogen) atoms. The van der Waals surface area contributed by atoms with Crippen LogP contribution in [0.2, 0.25) is 0 Å². The third-order valence-corrected chi connectivity index (χ3v) is 3.08. The van der Waals surface area contributed by atoms with Gasteiger partial charge in [0.1, 0.15) is 13.2 Å². The van der Waals surface area contributed by atoms with Crippen LogP contribution in [0.15, 0.2) is 12.1 Å². The lowest BCUT2D eigenvalue weighted by atomic mass is 10.0. The van der Waals surface area contributed by atoms with Gasteiger partial charge in [-0.15, -0.1) is 0 Å². The summed E-state index contributed by atoms with van der Waals surface area (Å²) >= 11 is 4.17. The minimum absolute atomic E-state index is 0.646. The molecule has 0 saturated carbocycles. The van der Waals surface area contributed by atoms with Gasteiger partial charge in [0.15, 0.2) is 11.5 Å². The fourth-order valence-corrected chi connectivity index (χ4v) is 2.09. The Bertz CT molecular complexity index is 382. The van der Waals surface area contributed by atoms with E-state index in [0.29, 0.717) is 13.2 Å². The van der Waals surface area contributed by atoms with E-state index in [1.54, 1.807) is 0 Å². The van der Waals surface area contributed by atoms with Crippen molar-refractivity contribution in [2.45, 2.75) is 13.3 Å². The molecule has 1 aliphatic heterocycles. The number of hydrogen-bond donors (Lipinski definition) is 2. The average Bonchev–Trinajstić information content (AvgIpc) is 2.35. The van der Waals surface area contributed by atoms with Crippen molar-refractivity contribution in [1.29, 1.82) is 0 Å². The SMILES string of the molecule is Cc1cc2c(cc1CCNCCS)OCCO2. The lowest BCUT2D eigenvalue weighted by molar-refractivity contribution is 0.171. The van der Waals surface area contributed by atoms with E-state index in [1.807, 2.05) is 0 Å². The highest BCUT2D eigenvalue weighted by Gasteiger charge is 2.13. The first-order chi connectivity index (χ1) is 8.31. The van der Waals surface area contributed by atoms with Crippen molar-refractivity contribution in [3.63, 3.8) is 0 Å². The number of hydrogen-bond acceptors (Lipinski definition) is 4. The number of ether oxygens (including phenoxy) is 2. The second kappa shape index (κ2) is 6.17. The summed E-state index contributed by atoms with van der Waals surface area (Å²) in [5.74, 6) is 2.63. The molecule has 0 radical (unpaired) electrons. The number of thiol groups is 1. The molecule has 4 heteroatoms. The van der Waals surface area contributed by atoms with Crippen LogP contribution in [0.25, 0.3) is 0 Å². The van der Waals surface area contributed by atoms with Crippen LogP contribution in [0.4, 0.5) is 0 Å². The number of nitrogens with one attached hydrogen (secondary N) is 1. The fraction of sp³-hybridized carbons (Fsp3) is 0.538. The van der Waals surface area contributed by atoms with Crippen LogP contribution in [0, 0.1) is 6.92 Å². The molecule has 2 rings (SSSR count). The van der Waals surface area contributed by atoms with Gasteiger partial charge >= 0.3 is 0 Å². The molecule has 0 unspecified atom stereocenters. The molecule has 0 fully saturated rings. The highest BCUT2D eigenvalue weighted by Crippen LogP contribution is 2.32. The van der Waals surface area contributed by atoms with E-state index in [0.717, 1.165) is 36.8 Å². The Morgan fingerprint density at radius 3 is 2.59 bits per heavy atom. The lowest BCUT2D eigenvalue weighted by Crippen LogP contribution is -2.20. The summed E-state index contributed by atoms with van der Waals surface area (Å²) in [5, 5.41) is 3.34. The zero-order valence-corrected chi connectivity index (χ0v) is 11.1. The number of benzene rings is 1. The molecule has 0 amide bonds. The molecule has 0 aliphatic carbocycles. The van der Waals surface area contributed by atoms with Crippen molar-refractivity contribution < 1.29 is 9.47 Å². The van der Waals surface area contributed by atoms with Crippen molar-refractivity contribution in [2.75, 3.05) is 32.1 Å². The van der Waals surface area contributed by atoms with Crippen LogP contribution in [0.3, 0.4) is 0 Å². The average molecular weight is 253 g/mol. The van der Waals surface area contributed by atoms with E-state index in [1.165, 1.54) is 11.1 Å². The maximum absolute atomic E-state index is 5.59. The highest BCUT2D eigenvalue weighted by molar-refractivity contribution is 7.80. The van der Waals surface area contributed by atoms with Crippen LogP contribution in [0.5, 0.6) is 11.5 Å². The molecule has 1 aliphatic rings. The Morgan fingerprint density at radius 1 is 1.18 bits per heavy atom. The topological polar surface area (TPSA) is 30.5 Å². The molecule has 0 spiro atoms. The molecule has 0 bridgehead atoms. The van der Waals surface area contributed by atoms with Crippen LogP contribution in [-0.4, -0.2) is 32.1 Å². The van der Waals surface area contributed by atoms with Crippen molar-refractivity contribution in [1.82, 2.24) is 5.32 Å². The molecule has 1 aromatic rings. The maximum Gasteiger partial charge on any atom is 0.161 e. The standard InChI is InChI=1S/C13H19NO2S/c1-10-8-12-13(16-6-5-15-12)9-11(10)2-3-14-4-7-17/h8-9,14,17H,2-7H2,1H3. The van der Waals surface area contributed by atoms with Gasteiger partial charge < -0.3 is 14.8 Å². The second-order valence-corrected chi connectivity index (χ2v) is 4.59. The number of fused-ring (bicyclic) bond motifs is 1. The van der Waals surface area contributed by atoms with Gasteiger partial charge in [-0.3, -0.25) is 0 Å². The molecule has 1 N–H and O–H groups in total. The van der Waals surface area contributed by atoms with Gasteiger partial charge in [-0.05, 0) is 43.1 Å². The summed E-state index contributed by atoms with van der Waals surface area (Å²) < 4.78 is 11.1. The molecule has 0 aromatic heterocycles. The van der Waals surface area contributed by atoms with Gasteiger partial charge in [0.05, 0.1) is 0 Å². The molecule has 0 saturated heterocycles. The summed E-state index contributed by atoms with van der Waals surface area (Å²) in [6.45, 7) is 5.34. The predicted molar refractivity (Wildman–Crippen MR) is 72.6 cm³/mol. The Hall–Kier alpha value is -0.870. The van der Waals surface area contributed by atoms with E-state index >= 15 is 0 Å². The molecule has 94 valence electrons. The van der Waals surface area contributed by atoms with Crippen LogP contribution in [0.1, 0.15) is 11.1 Å². The van der Waals surface area contributed by atoms with E-state index in [4.69, 9.17) is 9.47 Å². The van der Waals surface area contributed by atoms with E-state index in [9.17, 15) is 0 Å². The third kappa shape index (κ3) is 3.30. The summed E-state index contributed by atoms with van der Waals surface area (Å²) in [5.41, 5.74) is 2.59. The fourth-order valence-electron chi connectivity index (χ4n) is 1.93. The first kappa shape index (κ1) is 12.6. The van der Waals surface area contributed by atoms with E-state index < -0.39 is 0 Å². The molecular formula is C13H19NO2S. The molecule has 1 aromatic carbocycles. The van der Waals surface area contributed by atoms with Gasteiger partial charge in [-0.25, -0.2) is 0 Å². The lowest BCUT2D eigenvalue weighted by Gasteiger charge is -2.20. The summed E-state index contributed by atoms with van der Waals surface area (Å²) in [6.07, 6.45) is 1.01. The minimum atomic E-state index is 0.646. The second-order valence-electron chi connectivity index (χ2n) is 4.15. The zero-order valence-electron chi connectivity index (χ0n) is 10.2. The van der Waals surface area contributed by atoms with Crippen LogP contribution in [-0.2, 0) is 6.42 Å². The van der Waals surface area contributed by atoms with E-state index in [-0.39, 0.29) is 0 Å². The van der Waals surface area contributed by atoms with Gasteiger partial charge in [-0.2, -0.15) is 12.6 Å². The van der Waals surface area contributed by atoms with Crippen molar-refractivity contribution in [3.8, 4) is 11.5 Å². The van der Waals surface area contributed by atoms with Crippen LogP contribution < -0.4 is 14.8 Å². The minimum Gasteiger partial charge on any atom is -0.486 e. The summed E-state index contributed by atoms with van der Waals surface area (Å²) in [4.78, 5) is 0. The van der Waals surface area contributed by atoms with Crippen molar-refractivity contribution >= 4 is 12.6 Å². The number of aryl methyl sites for hydroxylation is 1. The Balaban J connectivity index is 2.01. The van der Waals surface area contributed by atoms with E-state index in [2.05, 4.69) is 37.0 Å². The Labute approximate surface area is 108 Å². The van der Waals surface area contributed by atoms with Crippen molar-refractivity contribution in [3.05, 3.63) is 23.3 Å². The third-order valence-electron chi connectivity index (χ3n) is 2.86. The first-order valence-electron chi connectivity index (χ1n) is 6.02. The summed E-state index contributed by atoms with van der Waals surface area (Å²) in [6, 6.07) is 4.18. The molecule has 3 nitrogen and oxygen atoms in total. The number of rotatable bonds is 5. The molecule has 0 atom stereocenters. The predicted octanol–water partition coefficient (Wildman–Crippen LogP) is 1.83. The van der Waals surface area contributed by atoms with Crippen molar-refractivity contribution in [2.24, 2.45) is 0 Å². The quantitative estimate of drug-likeness (QED) is 0.620. The van der Waals surface area contributed by atoms with Crippen LogP contribution >= 0.6 is 12.6 Å². The Morgan fingerprint density at radius 2 is 1.88 bits per heavy atom. The largest absolute Gasteiger partial charge is 0.486 e. The maximum atomic E-state index is 5.59. The molecule has 1 heterocycles.